The van der Waals surface area contributed by atoms with E-state index in [0.717, 1.165) is 5.56 Å². The van der Waals surface area contributed by atoms with Crippen LogP contribution in [0.3, 0.4) is 0 Å². The zero-order valence-corrected chi connectivity index (χ0v) is 10.4. The molecule has 0 aromatic carbocycles. The van der Waals surface area contributed by atoms with Gasteiger partial charge in [-0.2, -0.15) is 0 Å². The predicted octanol–water partition coefficient (Wildman–Crippen LogP) is 3.50. The van der Waals surface area contributed by atoms with Gasteiger partial charge in [-0.05, 0) is 25.0 Å². The Morgan fingerprint density at radius 2 is 1.81 bits per heavy atom. The maximum Gasteiger partial charge on any atom is 0.169 e. The monoisotopic (exact) mass is 217 g/mol. The second-order valence-corrected chi connectivity index (χ2v) is 4.45. The SMILES string of the molecule is C/C(=C\[C@@H](C)C(=O)c1ccncc1)C(C)C. The van der Waals surface area contributed by atoms with E-state index >= 15 is 0 Å². The fourth-order valence-electron chi connectivity index (χ4n) is 1.44. The van der Waals surface area contributed by atoms with Crippen LogP contribution >= 0.6 is 0 Å². The third kappa shape index (κ3) is 3.30. The molecule has 0 amide bonds. The first-order chi connectivity index (χ1) is 7.52. The first kappa shape index (κ1) is 12.6. The lowest BCUT2D eigenvalue weighted by molar-refractivity contribution is 0.0952. The largest absolute Gasteiger partial charge is 0.294 e. The highest BCUT2D eigenvalue weighted by Gasteiger charge is 2.13. The van der Waals surface area contributed by atoms with Gasteiger partial charge in [-0.15, -0.1) is 0 Å². The molecule has 0 aliphatic rings. The van der Waals surface area contributed by atoms with Crippen LogP contribution in [0.25, 0.3) is 0 Å². The first-order valence-corrected chi connectivity index (χ1v) is 5.65. The van der Waals surface area contributed by atoms with E-state index < -0.39 is 0 Å². The van der Waals surface area contributed by atoms with Gasteiger partial charge in [-0.25, -0.2) is 0 Å². The Balaban J connectivity index is 2.80. The molecule has 2 nitrogen and oxygen atoms in total. The predicted molar refractivity (Wildman–Crippen MR) is 66.3 cm³/mol. The van der Waals surface area contributed by atoms with Crippen LogP contribution in [-0.2, 0) is 0 Å². The Labute approximate surface area is 97.4 Å². The minimum Gasteiger partial charge on any atom is -0.294 e. The quantitative estimate of drug-likeness (QED) is 0.570. The van der Waals surface area contributed by atoms with Crippen LogP contribution in [0.4, 0.5) is 0 Å². The second-order valence-electron chi connectivity index (χ2n) is 4.45. The lowest BCUT2D eigenvalue weighted by Crippen LogP contribution is -2.10. The number of carbonyl (C=O) groups excluding carboxylic acids is 1. The normalized spacial score (nSPS) is 13.9. The van der Waals surface area contributed by atoms with Gasteiger partial charge in [0.25, 0.3) is 0 Å². The van der Waals surface area contributed by atoms with E-state index in [2.05, 4.69) is 25.8 Å². The summed E-state index contributed by atoms with van der Waals surface area (Å²) < 4.78 is 0. The van der Waals surface area contributed by atoms with Gasteiger partial charge in [0.15, 0.2) is 5.78 Å². The van der Waals surface area contributed by atoms with Gasteiger partial charge >= 0.3 is 0 Å². The molecule has 1 heterocycles. The molecular weight excluding hydrogens is 198 g/mol. The molecule has 1 atom stereocenters. The van der Waals surface area contributed by atoms with E-state index in [-0.39, 0.29) is 11.7 Å². The Kier molecular flexibility index (Phi) is 4.41. The molecule has 1 aromatic rings. The van der Waals surface area contributed by atoms with Gasteiger partial charge in [0.2, 0.25) is 0 Å². The molecule has 0 fully saturated rings. The number of hydrogen-bond acceptors (Lipinski definition) is 2. The molecular formula is C14H19NO. The molecule has 1 aromatic heterocycles. The summed E-state index contributed by atoms with van der Waals surface area (Å²) in [6.45, 7) is 8.28. The molecule has 16 heavy (non-hydrogen) atoms. The Bertz CT molecular complexity index is 379. The van der Waals surface area contributed by atoms with Crippen LogP contribution in [0.5, 0.6) is 0 Å². The van der Waals surface area contributed by atoms with E-state index in [4.69, 9.17) is 0 Å². The van der Waals surface area contributed by atoms with Crippen LogP contribution in [0.2, 0.25) is 0 Å². The average Bonchev–Trinajstić information content (AvgIpc) is 2.28. The fourth-order valence-corrected chi connectivity index (χ4v) is 1.44. The van der Waals surface area contributed by atoms with Gasteiger partial charge in [0, 0.05) is 23.9 Å². The number of ketones is 1. The van der Waals surface area contributed by atoms with Crippen molar-refractivity contribution in [1.29, 1.82) is 0 Å². The Morgan fingerprint density at radius 1 is 1.25 bits per heavy atom. The van der Waals surface area contributed by atoms with Crippen molar-refractivity contribution < 1.29 is 4.79 Å². The van der Waals surface area contributed by atoms with Gasteiger partial charge in [-0.3, -0.25) is 9.78 Å². The molecule has 0 aliphatic heterocycles. The topological polar surface area (TPSA) is 30.0 Å². The van der Waals surface area contributed by atoms with E-state index in [1.165, 1.54) is 5.57 Å². The smallest absolute Gasteiger partial charge is 0.169 e. The number of hydrogen-bond donors (Lipinski definition) is 0. The summed E-state index contributed by atoms with van der Waals surface area (Å²) in [5, 5.41) is 0. The van der Waals surface area contributed by atoms with E-state index in [1.807, 2.05) is 13.0 Å². The van der Waals surface area contributed by atoms with Crippen molar-refractivity contribution in [2.24, 2.45) is 11.8 Å². The van der Waals surface area contributed by atoms with Crippen molar-refractivity contribution in [3.8, 4) is 0 Å². The van der Waals surface area contributed by atoms with Crippen LogP contribution in [-0.4, -0.2) is 10.8 Å². The second kappa shape index (κ2) is 5.59. The summed E-state index contributed by atoms with van der Waals surface area (Å²) in [4.78, 5) is 15.9. The Morgan fingerprint density at radius 3 is 2.31 bits per heavy atom. The maximum absolute atomic E-state index is 12.0. The number of pyridine rings is 1. The number of rotatable bonds is 4. The lowest BCUT2D eigenvalue weighted by Gasteiger charge is -2.10. The third-order valence-corrected chi connectivity index (χ3v) is 2.80. The summed E-state index contributed by atoms with van der Waals surface area (Å²) >= 11 is 0. The van der Waals surface area contributed by atoms with E-state index in [0.29, 0.717) is 5.92 Å². The molecule has 0 saturated heterocycles. The summed E-state index contributed by atoms with van der Waals surface area (Å²) in [6, 6.07) is 3.52. The highest BCUT2D eigenvalue weighted by atomic mass is 16.1. The number of Topliss-reactive ketones (excluding diaryl/α,β-unsaturated/α-hetero) is 1. The van der Waals surface area contributed by atoms with Crippen molar-refractivity contribution >= 4 is 5.78 Å². The molecule has 0 radical (unpaired) electrons. The number of aromatic nitrogens is 1. The summed E-state index contributed by atoms with van der Waals surface area (Å²) in [5.41, 5.74) is 1.99. The molecule has 0 N–H and O–H groups in total. The summed E-state index contributed by atoms with van der Waals surface area (Å²) in [6.07, 6.45) is 5.35. The van der Waals surface area contributed by atoms with Gasteiger partial charge in [0.05, 0.1) is 0 Å². The number of allylic oxidation sites excluding steroid dienone is 2. The zero-order chi connectivity index (χ0) is 12.1. The minimum atomic E-state index is -0.0650. The van der Waals surface area contributed by atoms with Crippen molar-refractivity contribution in [1.82, 2.24) is 4.98 Å². The summed E-state index contributed by atoms with van der Waals surface area (Å²) in [5.74, 6) is 0.583. The molecule has 2 heteroatoms. The highest BCUT2D eigenvalue weighted by molar-refractivity contribution is 5.98. The lowest BCUT2D eigenvalue weighted by atomic mass is 9.94. The Hall–Kier alpha value is -1.44. The van der Waals surface area contributed by atoms with Crippen LogP contribution < -0.4 is 0 Å². The molecule has 0 aliphatic carbocycles. The van der Waals surface area contributed by atoms with Gasteiger partial charge < -0.3 is 0 Å². The van der Waals surface area contributed by atoms with E-state index in [9.17, 15) is 4.79 Å². The summed E-state index contributed by atoms with van der Waals surface area (Å²) in [7, 11) is 0. The fraction of sp³-hybridized carbons (Fsp3) is 0.429. The number of carbonyl (C=O) groups is 1. The molecule has 1 rings (SSSR count). The molecule has 0 unspecified atom stereocenters. The average molecular weight is 217 g/mol. The van der Waals surface area contributed by atoms with E-state index in [1.54, 1.807) is 24.5 Å². The zero-order valence-electron chi connectivity index (χ0n) is 10.4. The minimum absolute atomic E-state index is 0.0650. The van der Waals surface area contributed by atoms with Crippen molar-refractivity contribution in [2.75, 3.05) is 0 Å². The highest BCUT2D eigenvalue weighted by Crippen LogP contribution is 2.15. The third-order valence-electron chi connectivity index (χ3n) is 2.80. The van der Waals surface area contributed by atoms with Crippen LogP contribution in [0.1, 0.15) is 38.1 Å². The molecule has 86 valence electrons. The van der Waals surface area contributed by atoms with Crippen LogP contribution in [0, 0.1) is 11.8 Å². The van der Waals surface area contributed by atoms with Crippen molar-refractivity contribution in [3.05, 3.63) is 41.7 Å². The molecule has 0 spiro atoms. The van der Waals surface area contributed by atoms with Gasteiger partial charge in [0.1, 0.15) is 0 Å². The van der Waals surface area contributed by atoms with Crippen molar-refractivity contribution in [2.45, 2.75) is 27.7 Å². The number of nitrogens with zero attached hydrogens (tertiary/aromatic N) is 1. The van der Waals surface area contributed by atoms with Gasteiger partial charge in [-0.1, -0.05) is 32.4 Å². The maximum atomic E-state index is 12.0. The van der Waals surface area contributed by atoms with Crippen molar-refractivity contribution in [3.63, 3.8) is 0 Å². The van der Waals surface area contributed by atoms with Crippen LogP contribution in [0.15, 0.2) is 36.2 Å². The first-order valence-electron chi connectivity index (χ1n) is 5.65. The molecule has 0 bridgehead atoms. The standard InChI is InChI=1S/C14H19NO/c1-10(2)11(3)9-12(4)14(16)13-5-7-15-8-6-13/h5-10,12H,1-4H3/b11-9+/t12-/m1/s1. The molecule has 0 saturated carbocycles.